The summed E-state index contributed by atoms with van der Waals surface area (Å²) in [6.45, 7) is 13.5. The molecule has 41 heavy (non-hydrogen) atoms. The van der Waals surface area contributed by atoms with Gasteiger partial charge in [-0.3, -0.25) is 4.98 Å². The van der Waals surface area contributed by atoms with Crippen LogP contribution in [0.15, 0.2) is 37.0 Å². The van der Waals surface area contributed by atoms with Crippen LogP contribution in [0.25, 0.3) is 39.2 Å². The van der Waals surface area contributed by atoms with Crippen molar-refractivity contribution < 1.29 is 13.9 Å². The van der Waals surface area contributed by atoms with Gasteiger partial charge in [-0.25, -0.2) is 4.39 Å². The van der Waals surface area contributed by atoms with E-state index in [1.807, 2.05) is 25.3 Å². The largest absolute Gasteiger partial charge is 0.467 e. The van der Waals surface area contributed by atoms with E-state index in [4.69, 9.17) is 24.4 Å². The summed E-state index contributed by atoms with van der Waals surface area (Å²) in [6, 6.07) is 8.09. The van der Waals surface area contributed by atoms with E-state index in [1.165, 1.54) is 5.56 Å². The van der Waals surface area contributed by atoms with E-state index in [0.717, 1.165) is 88.3 Å². The maximum Gasteiger partial charge on any atom is 0.318 e. The number of halogens is 1. The van der Waals surface area contributed by atoms with Crippen molar-refractivity contribution in [2.45, 2.75) is 45.4 Å². The number of aromatic nitrogens is 3. The Balaban J connectivity index is 1.55. The van der Waals surface area contributed by atoms with Crippen LogP contribution in [-0.2, 0) is 16.6 Å². The number of anilines is 1. The second-order valence-electron chi connectivity index (χ2n) is 11.7. The van der Waals surface area contributed by atoms with Crippen LogP contribution >= 0.6 is 0 Å². The zero-order valence-corrected chi connectivity index (χ0v) is 24.2. The fourth-order valence-electron chi connectivity index (χ4n) is 7.14. The van der Waals surface area contributed by atoms with Gasteiger partial charge in [0.15, 0.2) is 0 Å². The monoisotopic (exact) mass is 550 g/mol. The van der Waals surface area contributed by atoms with Crippen LogP contribution in [0, 0.1) is 18.7 Å². The first-order valence-corrected chi connectivity index (χ1v) is 14.6. The standard InChI is InChI=1S/C34H35FN4O2/c1-6-22-20(4)16-21-8-9-25(35)23(7-2)26(21)27(22)30-29-24(10-13-36-30)28-31(34(29)11-12-34)37-33(40-5)38-32(28)39-14-15-41-18-19(3)17-39/h6,8-10,13,16,19H,1,7,11-12,14-15,17-18H2,2-5H3. The quantitative estimate of drug-likeness (QED) is 0.270. The highest BCUT2D eigenvalue weighted by Gasteiger charge is 2.57. The number of hydrogen-bond donors (Lipinski definition) is 0. The lowest BCUT2D eigenvalue weighted by atomic mass is 9.84. The van der Waals surface area contributed by atoms with Crippen LogP contribution in [0.1, 0.15) is 54.6 Å². The van der Waals surface area contributed by atoms with E-state index in [9.17, 15) is 0 Å². The first-order valence-electron chi connectivity index (χ1n) is 14.6. The normalized spacial score (nSPS) is 18.8. The zero-order chi connectivity index (χ0) is 28.5. The van der Waals surface area contributed by atoms with E-state index in [2.05, 4.69) is 37.5 Å². The summed E-state index contributed by atoms with van der Waals surface area (Å²) >= 11 is 0. The van der Waals surface area contributed by atoms with E-state index >= 15 is 4.39 Å². The molecule has 1 atom stereocenters. The molecule has 2 aromatic heterocycles. The number of fused-ring (bicyclic) bond motifs is 6. The van der Waals surface area contributed by atoms with Crippen molar-refractivity contribution in [1.82, 2.24) is 15.0 Å². The first kappa shape index (κ1) is 26.1. The Morgan fingerprint density at radius 3 is 2.78 bits per heavy atom. The van der Waals surface area contributed by atoms with Gasteiger partial charge in [0.05, 0.1) is 31.7 Å². The van der Waals surface area contributed by atoms with Crippen LogP contribution in [0.3, 0.4) is 0 Å². The molecular formula is C34H35FN4O2. The molecule has 6 nitrogen and oxygen atoms in total. The second-order valence-corrected chi connectivity index (χ2v) is 11.7. The number of hydrogen-bond acceptors (Lipinski definition) is 6. The van der Waals surface area contributed by atoms with Gasteiger partial charge < -0.3 is 14.4 Å². The Labute approximate surface area is 240 Å². The van der Waals surface area contributed by atoms with Crippen molar-refractivity contribution in [1.29, 1.82) is 0 Å². The minimum Gasteiger partial charge on any atom is -0.467 e. The van der Waals surface area contributed by atoms with Crippen LogP contribution in [0.2, 0.25) is 0 Å². The third kappa shape index (κ3) is 3.82. The number of aryl methyl sites for hydroxylation is 2. The van der Waals surface area contributed by atoms with E-state index < -0.39 is 0 Å². The van der Waals surface area contributed by atoms with E-state index in [1.54, 1.807) is 13.2 Å². The average molecular weight is 551 g/mol. The van der Waals surface area contributed by atoms with Crippen molar-refractivity contribution in [3.05, 3.63) is 70.8 Å². The van der Waals surface area contributed by atoms with Crippen LogP contribution in [-0.4, -0.2) is 48.4 Å². The van der Waals surface area contributed by atoms with Gasteiger partial charge in [-0.2, -0.15) is 9.97 Å². The summed E-state index contributed by atoms with van der Waals surface area (Å²) < 4.78 is 26.9. The summed E-state index contributed by atoms with van der Waals surface area (Å²) in [5.74, 6) is 1.08. The predicted octanol–water partition coefficient (Wildman–Crippen LogP) is 6.89. The minimum absolute atomic E-state index is 0.187. The number of ether oxygens (including phenoxy) is 2. The molecular weight excluding hydrogens is 515 g/mol. The first-order chi connectivity index (χ1) is 19.9. The minimum atomic E-state index is -0.276. The van der Waals surface area contributed by atoms with Crippen molar-refractivity contribution >= 4 is 22.7 Å². The molecule has 2 aliphatic carbocycles. The molecule has 1 aliphatic heterocycles. The van der Waals surface area contributed by atoms with Crippen LogP contribution < -0.4 is 9.64 Å². The topological polar surface area (TPSA) is 60.4 Å². The Bertz CT molecular complexity index is 1730. The fourth-order valence-corrected chi connectivity index (χ4v) is 7.14. The molecule has 0 N–H and O–H groups in total. The molecule has 7 rings (SSSR count). The summed E-state index contributed by atoms with van der Waals surface area (Å²) in [7, 11) is 1.63. The van der Waals surface area contributed by atoms with Gasteiger partial charge in [-0.05, 0) is 82.8 Å². The van der Waals surface area contributed by atoms with Gasteiger partial charge in [-0.1, -0.05) is 38.6 Å². The number of nitrogens with zero attached hydrogens (tertiary/aromatic N) is 4. The number of benzene rings is 2. The van der Waals surface area contributed by atoms with Crippen molar-refractivity contribution in [3.8, 4) is 28.4 Å². The molecule has 3 heterocycles. The van der Waals surface area contributed by atoms with Gasteiger partial charge in [0.2, 0.25) is 0 Å². The summed E-state index contributed by atoms with van der Waals surface area (Å²) in [6.07, 6.45) is 6.29. The molecule has 7 heteroatoms. The van der Waals surface area contributed by atoms with Crippen LogP contribution in [0.5, 0.6) is 6.01 Å². The Kier molecular flexibility index (Phi) is 6.12. The average Bonchev–Trinajstić information content (AvgIpc) is 3.76. The Hall–Kier alpha value is -3.84. The number of pyridine rings is 1. The molecule has 0 amide bonds. The predicted molar refractivity (Wildman–Crippen MR) is 161 cm³/mol. The van der Waals surface area contributed by atoms with Gasteiger partial charge in [0.25, 0.3) is 0 Å². The molecule has 3 aliphatic rings. The molecule has 1 spiro atoms. The molecule has 2 fully saturated rings. The maximum absolute atomic E-state index is 15.3. The maximum atomic E-state index is 15.3. The van der Waals surface area contributed by atoms with Gasteiger partial charge in [0, 0.05) is 35.8 Å². The van der Waals surface area contributed by atoms with E-state index in [0.29, 0.717) is 30.5 Å². The third-order valence-electron chi connectivity index (χ3n) is 9.09. The summed E-state index contributed by atoms with van der Waals surface area (Å²) in [4.78, 5) is 17.4. The molecule has 4 aromatic rings. The SMILES string of the molecule is C=Cc1c(C)cc2ccc(F)c(CC)c2c1-c1nccc2c1C1(CC1)c1nc(OC)nc(N3CCOCC(C)C3)c1-2. The van der Waals surface area contributed by atoms with Gasteiger partial charge in [-0.15, -0.1) is 0 Å². The summed E-state index contributed by atoms with van der Waals surface area (Å²) in [5.41, 5.74) is 8.72. The lowest BCUT2D eigenvalue weighted by Gasteiger charge is -2.25. The van der Waals surface area contributed by atoms with Gasteiger partial charge >= 0.3 is 6.01 Å². The molecule has 1 unspecified atom stereocenters. The lowest BCUT2D eigenvalue weighted by Crippen LogP contribution is -2.30. The lowest BCUT2D eigenvalue weighted by molar-refractivity contribution is 0.129. The Morgan fingerprint density at radius 2 is 2.05 bits per heavy atom. The molecule has 0 bridgehead atoms. The fraction of sp³-hybridized carbons (Fsp3) is 0.382. The number of methoxy groups -OCH3 is 1. The van der Waals surface area contributed by atoms with Crippen LogP contribution in [0.4, 0.5) is 10.2 Å². The molecule has 0 radical (unpaired) electrons. The molecule has 1 saturated heterocycles. The molecule has 210 valence electrons. The molecule has 1 saturated carbocycles. The smallest absolute Gasteiger partial charge is 0.318 e. The van der Waals surface area contributed by atoms with Crippen molar-refractivity contribution in [2.75, 3.05) is 38.3 Å². The third-order valence-corrected chi connectivity index (χ3v) is 9.09. The number of rotatable bonds is 5. The van der Waals surface area contributed by atoms with E-state index in [-0.39, 0.29) is 11.2 Å². The van der Waals surface area contributed by atoms with Crippen molar-refractivity contribution in [3.63, 3.8) is 0 Å². The molecule has 2 aromatic carbocycles. The highest BCUT2D eigenvalue weighted by atomic mass is 19.1. The van der Waals surface area contributed by atoms with Gasteiger partial charge in [0.1, 0.15) is 11.6 Å². The Morgan fingerprint density at radius 1 is 1.22 bits per heavy atom. The zero-order valence-electron chi connectivity index (χ0n) is 24.2. The highest BCUT2D eigenvalue weighted by Crippen LogP contribution is 2.65. The summed E-state index contributed by atoms with van der Waals surface area (Å²) in [5, 5.41) is 1.94. The highest BCUT2D eigenvalue weighted by molar-refractivity contribution is 6.05. The van der Waals surface area contributed by atoms with Crippen molar-refractivity contribution in [2.24, 2.45) is 5.92 Å². The second kappa shape index (κ2) is 9.62.